The predicted molar refractivity (Wildman–Crippen MR) is 372 cm³/mol. The summed E-state index contributed by atoms with van der Waals surface area (Å²) in [6, 6.07) is -10.7. The van der Waals surface area contributed by atoms with Crippen LogP contribution in [0.25, 0.3) is 0 Å². The molecular formula is C73H116ClF3N12O12. The van der Waals surface area contributed by atoms with Crippen molar-refractivity contribution in [3.05, 3.63) is 0 Å². The van der Waals surface area contributed by atoms with E-state index in [1.54, 1.807) is 32.6 Å². The third-order valence-electron chi connectivity index (χ3n) is 24.4. The Balaban J connectivity index is 1.16. The van der Waals surface area contributed by atoms with Gasteiger partial charge in [-0.2, -0.15) is 13.2 Å². The van der Waals surface area contributed by atoms with E-state index in [2.05, 4.69) is 16.0 Å². The maximum Gasteiger partial charge on any atom is 0.393 e. The molecule has 24 nitrogen and oxygen atoms in total. The van der Waals surface area contributed by atoms with Crippen LogP contribution < -0.4 is 16.0 Å². The standard InChI is InChI=1S/C73H116ClF3N12O12/c1-12-45(4)60-69(99)82(7)46(5)64(94)89-38-32-54(89)67(97)84(9)56(41-47-23-15-13-16-24-47)66(96)81(6)43-58(90)78-52(31-29-49-28-30-50(51(74)39-49)73(75,76)77)65(95)88-37-22-27-53(88)63(93)80-72(33-17-18-34-72)71(101)86(11)61(44(2)3)70(100)85(10)57(68(98)87-35-19-14-20-36-87)42-59(91)83(8)55(62(92)79-60)40-48-25-21-26-48/h44-57,60-61H,12-43H2,1-11H3,(H,78,90)(H,79,92)(H,80,93)/t45-,46-,49?,50?,51?,52-,53-,54-,55-,56-,57-,60-,61-/m0/s1. The highest BCUT2D eigenvalue weighted by Gasteiger charge is 2.53. The second kappa shape index (κ2) is 35.0. The molecule has 568 valence electrons. The molecule has 3 unspecified atom stereocenters. The Morgan fingerprint density at radius 3 is 1.76 bits per heavy atom. The van der Waals surface area contributed by atoms with Gasteiger partial charge in [-0.05, 0) is 133 Å². The van der Waals surface area contributed by atoms with Gasteiger partial charge in [-0.25, -0.2) is 0 Å². The second-order valence-corrected chi connectivity index (χ2v) is 32.0. The fourth-order valence-corrected chi connectivity index (χ4v) is 17.6. The first-order chi connectivity index (χ1) is 47.7. The highest BCUT2D eigenvalue weighted by Crippen LogP contribution is 2.44. The number of fused-ring (bicyclic) bond motifs is 2. The topological polar surface area (TPSA) is 270 Å². The lowest BCUT2D eigenvalue weighted by molar-refractivity contribution is -0.182. The van der Waals surface area contributed by atoms with Gasteiger partial charge in [0.2, 0.25) is 70.9 Å². The molecule has 4 aliphatic carbocycles. The molecule has 0 radical (unpaired) electrons. The smallest absolute Gasteiger partial charge is 0.343 e. The largest absolute Gasteiger partial charge is 0.393 e. The van der Waals surface area contributed by atoms with Crippen LogP contribution in [0.1, 0.15) is 208 Å². The number of rotatable bonds is 11. The minimum Gasteiger partial charge on any atom is -0.343 e. The number of hydrogen-bond donors (Lipinski definition) is 3. The van der Waals surface area contributed by atoms with Crippen molar-refractivity contribution >= 4 is 82.5 Å². The zero-order valence-corrected chi connectivity index (χ0v) is 62.6. The van der Waals surface area contributed by atoms with Crippen LogP contribution in [0.2, 0.25) is 0 Å². The molecule has 101 heavy (non-hydrogen) atoms. The van der Waals surface area contributed by atoms with Crippen molar-refractivity contribution in [2.75, 3.05) is 75.0 Å². The number of carbonyl (C=O) groups is 12. The SMILES string of the molecule is CC[C@H](C)[C@@H]1NC(=O)[C@H](CC2CCC2)N(C)C(=O)C[C@@H](C(=O)N2CCCCC2)N(C)C(=O)[C@H](C(C)C)N(C)C(=O)C2(CCCC2)NC(=O)[C@@H]2CCCN2C(=O)[C@H](CCC2CCC(C(F)(F)F)C(Cl)C2)NC(=O)CN(C)C(=O)[C@H](CC2CCCCC2)N(C)C(=O)[C@@H]2CCN2C(=O)[C@H](C)N(C)C1=O. The first-order valence-electron chi connectivity index (χ1n) is 37.8. The number of likely N-dealkylation sites (tertiary alicyclic amines) is 1. The molecule has 3 N–H and O–H groups in total. The van der Waals surface area contributed by atoms with Gasteiger partial charge in [0.1, 0.15) is 59.9 Å². The predicted octanol–water partition coefficient (Wildman–Crippen LogP) is 6.24. The molecule has 0 aromatic heterocycles. The van der Waals surface area contributed by atoms with Gasteiger partial charge in [0.25, 0.3) is 0 Å². The maximum atomic E-state index is 15.5. The highest BCUT2D eigenvalue weighted by molar-refractivity contribution is 6.21. The minimum absolute atomic E-state index is 0.00278. The van der Waals surface area contributed by atoms with Crippen molar-refractivity contribution in [2.45, 2.75) is 279 Å². The van der Waals surface area contributed by atoms with E-state index in [0.29, 0.717) is 51.6 Å². The zero-order chi connectivity index (χ0) is 74.1. The van der Waals surface area contributed by atoms with Crippen LogP contribution in [0.4, 0.5) is 13.2 Å². The number of nitrogens with zero attached hydrogens (tertiary/aromatic N) is 9. The van der Waals surface area contributed by atoms with Crippen molar-refractivity contribution in [2.24, 2.45) is 35.5 Å². The molecular weight excluding hydrogens is 1330 g/mol. The number of carbonyl (C=O) groups excluding carboxylic acids is 12. The Hall–Kier alpha value is -6.28. The first kappa shape index (κ1) is 80.4. The van der Waals surface area contributed by atoms with Crippen molar-refractivity contribution in [3.63, 3.8) is 0 Å². The third kappa shape index (κ3) is 18.8. The molecule has 4 saturated heterocycles. The highest BCUT2D eigenvalue weighted by atomic mass is 35.5. The van der Waals surface area contributed by atoms with Crippen LogP contribution in [0, 0.1) is 35.5 Å². The molecule has 28 heteroatoms. The Labute approximate surface area is 600 Å². The Morgan fingerprint density at radius 1 is 0.574 bits per heavy atom. The molecule has 0 aromatic rings. The number of nitrogens with one attached hydrogen (secondary N) is 3. The monoisotopic (exact) mass is 1440 g/mol. The van der Waals surface area contributed by atoms with Gasteiger partial charge in [0, 0.05) is 73.8 Å². The fraction of sp³-hybridized carbons (Fsp3) is 0.836. The summed E-state index contributed by atoms with van der Waals surface area (Å²) in [5, 5.41) is 7.68. The summed E-state index contributed by atoms with van der Waals surface area (Å²) in [4.78, 5) is 193. The molecule has 4 heterocycles. The number of likely N-dealkylation sites (N-methyl/N-ethyl adjacent to an activating group) is 6. The summed E-state index contributed by atoms with van der Waals surface area (Å²) in [7, 11) is 8.76. The van der Waals surface area contributed by atoms with Crippen LogP contribution in [-0.2, 0) is 57.5 Å². The Bertz CT molecular complexity index is 3000. The van der Waals surface area contributed by atoms with Crippen molar-refractivity contribution in [1.29, 1.82) is 0 Å². The number of alkyl halides is 4. The zero-order valence-electron chi connectivity index (χ0n) is 61.8. The lowest BCUT2D eigenvalue weighted by atomic mass is 9.78. The average molecular weight is 1450 g/mol. The molecule has 8 rings (SSSR count). The van der Waals surface area contributed by atoms with Crippen LogP contribution in [0.5, 0.6) is 0 Å². The van der Waals surface area contributed by atoms with Gasteiger partial charge in [-0.3, -0.25) is 57.5 Å². The number of hydrogen-bond acceptors (Lipinski definition) is 12. The lowest BCUT2D eigenvalue weighted by Gasteiger charge is -2.45. The maximum absolute atomic E-state index is 15.5. The van der Waals surface area contributed by atoms with Crippen molar-refractivity contribution in [3.8, 4) is 0 Å². The van der Waals surface area contributed by atoms with Gasteiger partial charge in [-0.1, -0.05) is 98.3 Å². The molecule has 4 saturated carbocycles. The molecule has 0 aromatic carbocycles. The van der Waals surface area contributed by atoms with E-state index in [1.807, 2.05) is 6.92 Å². The van der Waals surface area contributed by atoms with Crippen molar-refractivity contribution < 1.29 is 70.7 Å². The second-order valence-electron chi connectivity index (χ2n) is 31.5. The average Bonchev–Trinajstić information content (AvgIpc) is 1.77. The number of piperidine rings is 1. The molecule has 8 aliphatic rings. The number of amides is 12. The molecule has 0 bridgehead atoms. The Kier molecular flexibility index (Phi) is 27.9. The van der Waals surface area contributed by atoms with Crippen LogP contribution in [0.3, 0.4) is 0 Å². The van der Waals surface area contributed by atoms with Gasteiger partial charge in [0.15, 0.2) is 0 Å². The van der Waals surface area contributed by atoms with Gasteiger partial charge in [0.05, 0.1) is 18.9 Å². The summed E-state index contributed by atoms with van der Waals surface area (Å²) in [5.41, 5.74) is -1.56. The fourth-order valence-electron chi connectivity index (χ4n) is 17.1. The van der Waals surface area contributed by atoms with Gasteiger partial charge < -0.3 is 60.0 Å². The summed E-state index contributed by atoms with van der Waals surface area (Å²) in [5.74, 6) is -10.3. The molecule has 1 spiro atoms. The third-order valence-corrected chi connectivity index (χ3v) is 24.8. The van der Waals surface area contributed by atoms with E-state index in [0.717, 1.165) is 57.8 Å². The van der Waals surface area contributed by atoms with E-state index in [9.17, 15) is 32.3 Å². The molecule has 4 aliphatic heterocycles. The molecule has 8 fully saturated rings. The Morgan fingerprint density at radius 2 is 1.19 bits per heavy atom. The van der Waals surface area contributed by atoms with Gasteiger partial charge >= 0.3 is 6.18 Å². The van der Waals surface area contributed by atoms with Crippen LogP contribution in [-0.4, -0.2) is 261 Å². The first-order valence-corrected chi connectivity index (χ1v) is 38.2. The van der Waals surface area contributed by atoms with Crippen LogP contribution >= 0.6 is 11.6 Å². The lowest BCUT2D eigenvalue weighted by Crippen LogP contribution is -2.65. The van der Waals surface area contributed by atoms with Gasteiger partial charge in [-0.15, -0.1) is 11.6 Å². The molecule has 13 atom stereocenters. The number of halogens is 4. The summed E-state index contributed by atoms with van der Waals surface area (Å²) in [6.07, 6.45) is 7.31. The van der Waals surface area contributed by atoms with Crippen molar-refractivity contribution in [1.82, 2.24) is 60.0 Å². The van der Waals surface area contributed by atoms with E-state index in [-0.39, 0.29) is 101 Å². The minimum atomic E-state index is -4.51. The van der Waals surface area contributed by atoms with E-state index >= 15 is 38.4 Å². The summed E-state index contributed by atoms with van der Waals surface area (Å²) in [6.45, 7) is 9.12. The summed E-state index contributed by atoms with van der Waals surface area (Å²) < 4.78 is 42.1. The van der Waals surface area contributed by atoms with E-state index in [1.165, 1.54) is 81.5 Å². The summed E-state index contributed by atoms with van der Waals surface area (Å²) >= 11 is 6.41. The van der Waals surface area contributed by atoms with Crippen LogP contribution in [0.15, 0.2) is 0 Å². The normalized spacial score (nSPS) is 31.6. The quantitative estimate of drug-likeness (QED) is 0.194. The molecule has 12 amide bonds. The van der Waals surface area contributed by atoms with E-state index in [4.69, 9.17) is 11.6 Å². The van der Waals surface area contributed by atoms with E-state index < -0.39 is 173 Å².